The van der Waals surface area contributed by atoms with Gasteiger partial charge in [0, 0.05) is 9.79 Å². The van der Waals surface area contributed by atoms with E-state index in [4.69, 9.17) is 42.1 Å². The lowest BCUT2D eigenvalue weighted by molar-refractivity contribution is 0.0695. The Morgan fingerprint density at radius 1 is 0.720 bits per heavy atom. The molecule has 148 valence electrons. The maximum Gasteiger partial charge on any atom is 0.0856 e. The quantitative estimate of drug-likeness (QED) is 0.242. The molecule has 0 saturated heterocycles. The van der Waals surface area contributed by atoms with Crippen molar-refractivity contribution < 1.29 is 30.6 Å². The molecule has 1 aromatic carbocycles. The van der Waals surface area contributed by atoms with Crippen molar-refractivity contribution in [3.05, 3.63) is 23.8 Å². The van der Waals surface area contributed by atoms with Crippen molar-refractivity contribution in [3.63, 3.8) is 0 Å². The van der Waals surface area contributed by atoms with Crippen LogP contribution in [0.1, 0.15) is 5.56 Å². The second-order valence-corrected chi connectivity index (χ2v) is 6.63. The fourth-order valence-electron chi connectivity index (χ4n) is 0.933. The van der Waals surface area contributed by atoms with E-state index in [1.54, 1.807) is 0 Å². The Balaban J connectivity index is 0. The van der Waals surface area contributed by atoms with E-state index in [1.807, 2.05) is 25.1 Å². The van der Waals surface area contributed by atoms with Gasteiger partial charge in [-0.2, -0.15) is 0 Å². The van der Waals surface area contributed by atoms with Crippen LogP contribution in [0.25, 0.3) is 0 Å². The lowest BCUT2D eigenvalue weighted by atomic mass is 10.1. The Hall–Kier alpha value is -0.400. The van der Waals surface area contributed by atoms with Crippen LogP contribution in [0.15, 0.2) is 28.0 Å². The standard InChI is InChI=1S/C7H8S2.2C4H11NO3/c1-5-2-3-6(8)7(9)4-5;2*5-4(1-6,2-7)3-8/h2-4,8-9H,1H3;2*6-8H,1-3,5H2. The molecule has 0 aliphatic carbocycles. The van der Waals surface area contributed by atoms with Gasteiger partial charge in [0.05, 0.1) is 50.7 Å². The van der Waals surface area contributed by atoms with Crippen molar-refractivity contribution >= 4 is 25.3 Å². The fraction of sp³-hybridized carbons (Fsp3) is 0.600. The number of hydrogen-bond donors (Lipinski definition) is 10. The molecule has 1 rings (SSSR count). The molecule has 1 aromatic rings. The largest absolute Gasteiger partial charge is 0.394 e. The van der Waals surface area contributed by atoms with E-state index in [1.165, 1.54) is 5.56 Å². The summed E-state index contributed by atoms with van der Waals surface area (Å²) in [5, 5.41) is 50.0. The van der Waals surface area contributed by atoms with Crippen LogP contribution in [0.5, 0.6) is 0 Å². The molecule has 0 atom stereocenters. The number of thiol groups is 2. The van der Waals surface area contributed by atoms with Crippen molar-refractivity contribution in [2.75, 3.05) is 39.6 Å². The number of rotatable bonds is 6. The number of aryl methyl sites for hydroxylation is 1. The van der Waals surface area contributed by atoms with Gasteiger partial charge in [0.15, 0.2) is 0 Å². The highest BCUT2D eigenvalue weighted by atomic mass is 32.1. The first-order valence-electron chi connectivity index (χ1n) is 7.28. The number of hydrogen-bond acceptors (Lipinski definition) is 10. The van der Waals surface area contributed by atoms with Crippen molar-refractivity contribution in [1.82, 2.24) is 0 Å². The van der Waals surface area contributed by atoms with Crippen molar-refractivity contribution in [3.8, 4) is 0 Å². The average molecular weight is 399 g/mol. The summed E-state index contributed by atoms with van der Waals surface area (Å²) in [6.07, 6.45) is 0. The summed E-state index contributed by atoms with van der Waals surface area (Å²) in [4.78, 5) is 1.88. The number of benzene rings is 1. The molecule has 8 nitrogen and oxygen atoms in total. The second-order valence-electron chi connectivity index (χ2n) is 5.67. The van der Waals surface area contributed by atoms with Crippen LogP contribution in [0.2, 0.25) is 0 Å². The summed E-state index contributed by atoms with van der Waals surface area (Å²) in [6.45, 7) is -0.382. The van der Waals surface area contributed by atoms with Gasteiger partial charge in [-0.25, -0.2) is 0 Å². The van der Waals surface area contributed by atoms with Crippen LogP contribution in [-0.4, -0.2) is 81.4 Å². The minimum atomic E-state index is -1.21. The van der Waals surface area contributed by atoms with Crippen molar-refractivity contribution in [2.45, 2.75) is 27.8 Å². The molecule has 0 heterocycles. The minimum Gasteiger partial charge on any atom is -0.394 e. The summed E-state index contributed by atoms with van der Waals surface area (Å²) >= 11 is 8.36. The summed E-state index contributed by atoms with van der Waals surface area (Å²) < 4.78 is 0. The molecule has 10 N–H and O–H groups in total. The number of aliphatic hydroxyl groups excluding tert-OH is 6. The lowest BCUT2D eigenvalue weighted by Gasteiger charge is -2.20. The molecule has 0 unspecified atom stereocenters. The summed E-state index contributed by atoms with van der Waals surface area (Å²) in [5.74, 6) is 0. The molecule has 0 amide bonds. The maximum absolute atomic E-state index is 8.34. The van der Waals surface area contributed by atoms with Gasteiger partial charge < -0.3 is 42.1 Å². The van der Waals surface area contributed by atoms with E-state index in [9.17, 15) is 0 Å². The highest BCUT2D eigenvalue weighted by molar-refractivity contribution is 7.83. The van der Waals surface area contributed by atoms with Gasteiger partial charge in [-0.1, -0.05) is 6.07 Å². The fourth-order valence-corrected chi connectivity index (χ4v) is 1.35. The monoisotopic (exact) mass is 398 g/mol. The van der Waals surface area contributed by atoms with Crippen molar-refractivity contribution in [1.29, 1.82) is 0 Å². The van der Waals surface area contributed by atoms with Crippen molar-refractivity contribution in [2.24, 2.45) is 11.5 Å². The van der Waals surface area contributed by atoms with Gasteiger partial charge in [-0.15, -0.1) is 25.3 Å². The third kappa shape index (κ3) is 11.8. The summed E-state index contributed by atoms with van der Waals surface area (Å²) in [7, 11) is 0. The predicted octanol–water partition coefficient (Wildman–Crippen LogP) is -2.11. The summed E-state index contributed by atoms with van der Waals surface area (Å²) in [5.41, 5.74) is 9.10. The minimum absolute atomic E-state index is 0.403. The molecule has 0 bridgehead atoms. The van der Waals surface area contributed by atoms with E-state index in [-0.39, 0.29) is 0 Å². The predicted molar refractivity (Wildman–Crippen MR) is 102 cm³/mol. The van der Waals surface area contributed by atoms with Crippen LogP contribution < -0.4 is 11.5 Å². The zero-order chi connectivity index (χ0) is 20.1. The Morgan fingerprint density at radius 2 is 1.04 bits per heavy atom. The topological polar surface area (TPSA) is 173 Å². The van der Waals surface area contributed by atoms with E-state index in [0.717, 1.165) is 9.79 Å². The Kier molecular flexibility index (Phi) is 14.8. The van der Waals surface area contributed by atoms with Crippen LogP contribution in [-0.2, 0) is 0 Å². The third-order valence-electron chi connectivity index (χ3n) is 3.02. The zero-order valence-corrected chi connectivity index (χ0v) is 16.0. The first-order chi connectivity index (χ1) is 11.6. The molecule has 10 heteroatoms. The van der Waals surface area contributed by atoms with Gasteiger partial charge in [0.1, 0.15) is 0 Å². The lowest BCUT2D eigenvalue weighted by Crippen LogP contribution is -2.50. The van der Waals surface area contributed by atoms with Crippen LogP contribution in [0, 0.1) is 6.92 Å². The molecule has 0 spiro atoms. The van der Waals surface area contributed by atoms with E-state index >= 15 is 0 Å². The van der Waals surface area contributed by atoms with E-state index in [0.29, 0.717) is 0 Å². The highest BCUT2D eigenvalue weighted by Gasteiger charge is 2.21. The van der Waals surface area contributed by atoms with Gasteiger partial charge in [-0.3, -0.25) is 0 Å². The Labute approximate surface area is 158 Å². The van der Waals surface area contributed by atoms with Gasteiger partial charge in [0.2, 0.25) is 0 Å². The van der Waals surface area contributed by atoms with Crippen LogP contribution in [0.3, 0.4) is 0 Å². The molecule has 0 radical (unpaired) electrons. The second kappa shape index (κ2) is 13.8. The first-order valence-corrected chi connectivity index (χ1v) is 8.18. The molecular weight excluding hydrogens is 368 g/mol. The molecular formula is C15H30N2O6S2. The zero-order valence-electron chi connectivity index (χ0n) is 14.2. The average Bonchev–Trinajstić information content (AvgIpc) is 2.64. The smallest absolute Gasteiger partial charge is 0.0856 e. The Morgan fingerprint density at radius 3 is 1.20 bits per heavy atom. The number of aliphatic hydroxyl groups is 6. The molecule has 25 heavy (non-hydrogen) atoms. The Bertz CT molecular complexity index is 437. The molecule has 0 saturated carbocycles. The van der Waals surface area contributed by atoms with Crippen LogP contribution >= 0.6 is 25.3 Å². The van der Waals surface area contributed by atoms with Crippen LogP contribution in [0.4, 0.5) is 0 Å². The highest BCUT2D eigenvalue weighted by Crippen LogP contribution is 2.18. The summed E-state index contributed by atoms with van der Waals surface area (Å²) in [6, 6.07) is 5.95. The van der Waals surface area contributed by atoms with Gasteiger partial charge in [-0.05, 0) is 24.6 Å². The van der Waals surface area contributed by atoms with Gasteiger partial charge in [0.25, 0.3) is 0 Å². The number of nitrogens with two attached hydrogens (primary N) is 2. The van der Waals surface area contributed by atoms with E-state index in [2.05, 4.69) is 25.3 Å². The maximum atomic E-state index is 8.34. The normalized spacial score (nSPS) is 11.2. The van der Waals surface area contributed by atoms with E-state index < -0.39 is 50.7 Å². The molecule has 0 fully saturated rings. The van der Waals surface area contributed by atoms with Gasteiger partial charge >= 0.3 is 0 Å². The molecule has 0 aliphatic heterocycles. The molecule has 0 aromatic heterocycles. The molecule has 0 aliphatic rings. The third-order valence-corrected chi connectivity index (χ3v) is 3.96. The SMILES string of the molecule is Cc1ccc(S)c(S)c1.NC(CO)(CO)CO.NC(CO)(CO)CO. The first kappa shape index (κ1) is 26.8.